The Morgan fingerprint density at radius 1 is 1.14 bits per heavy atom. The van der Waals surface area contributed by atoms with Gasteiger partial charge in [0.05, 0.1) is 0 Å². The maximum absolute atomic E-state index is 12.1. The van der Waals surface area contributed by atoms with E-state index < -0.39 is 12.0 Å². The molecule has 1 atom stereocenters. The summed E-state index contributed by atoms with van der Waals surface area (Å²) in [4.78, 5) is 23.4. The molecule has 1 rings (SSSR count). The lowest BCUT2D eigenvalue weighted by molar-refractivity contribution is -0.139. The Bertz CT molecular complexity index is 485. The van der Waals surface area contributed by atoms with Crippen LogP contribution in [0, 0.1) is 0 Å². The second kappa shape index (κ2) is 9.20. The van der Waals surface area contributed by atoms with E-state index in [-0.39, 0.29) is 5.91 Å². The number of carboxylic acid groups (broad SMARTS) is 1. The molecule has 0 aliphatic carbocycles. The van der Waals surface area contributed by atoms with Crippen molar-refractivity contribution >= 4 is 43.7 Å². The highest BCUT2D eigenvalue weighted by atomic mass is 79.9. The smallest absolute Gasteiger partial charge is 0.326 e. The number of hydrogen-bond donors (Lipinski definition) is 2. The van der Waals surface area contributed by atoms with Gasteiger partial charge in [0, 0.05) is 14.5 Å². The molecule has 0 bridgehead atoms. The van der Waals surface area contributed by atoms with Gasteiger partial charge in [-0.25, -0.2) is 4.79 Å². The van der Waals surface area contributed by atoms with E-state index >= 15 is 0 Å². The van der Waals surface area contributed by atoms with Crippen molar-refractivity contribution in [3.05, 3.63) is 32.7 Å². The Kier molecular flexibility index (Phi) is 7.96. The van der Waals surface area contributed by atoms with Crippen molar-refractivity contribution in [1.29, 1.82) is 0 Å². The van der Waals surface area contributed by atoms with Gasteiger partial charge in [-0.1, -0.05) is 64.5 Å². The van der Waals surface area contributed by atoms with Crippen molar-refractivity contribution in [1.82, 2.24) is 5.32 Å². The summed E-state index contributed by atoms with van der Waals surface area (Å²) >= 11 is 6.62. The average Bonchev–Trinajstić information content (AvgIpc) is 2.40. The summed E-state index contributed by atoms with van der Waals surface area (Å²) in [5, 5.41) is 11.8. The first kappa shape index (κ1) is 18.2. The van der Waals surface area contributed by atoms with E-state index in [0.717, 1.165) is 34.6 Å². The van der Waals surface area contributed by atoms with Gasteiger partial charge in [0.2, 0.25) is 0 Å². The molecule has 4 nitrogen and oxygen atoms in total. The number of carboxylic acids is 1. The van der Waals surface area contributed by atoms with Gasteiger partial charge in [0.25, 0.3) is 5.91 Å². The summed E-state index contributed by atoms with van der Waals surface area (Å²) in [6.07, 6.45) is 4.41. The average molecular weight is 421 g/mol. The number of rotatable bonds is 8. The van der Waals surface area contributed by atoms with Gasteiger partial charge in [-0.05, 0) is 24.6 Å². The molecule has 0 fully saturated rings. The van der Waals surface area contributed by atoms with E-state index in [1.807, 2.05) is 6.07 Å². The Hall–Kier alpha value is -0.880. The number of amides is 1. The fraction of sp³-hybridized carbons (Fsp3) is 0.467. The Labute approximate surface area is 141 Å². The van der Waals surface area contributed by atoms with Gasteiger partial charge in [-0.15, -0.1) is 0 Å². The van der Waals surface area contributed by atoms with Crippen LogP contribution in [-0.4, -0.2) is 23.0 Å². The minimum absolute atomic E-state index is 0.375. The normalized spacial score (nSPS) is 12.0. The zero-order chi connectivity index (χ0) is 15.8. The number of halogens is 2. The van der Waals surface area contributed by atoms with Crippen LogP contribution >= 0.6 is 31.9 Å². The summed E-state index contributed by atoms with van der Waals surface area (Å²) in [6.45, 7) is 2.10. The molecule has 1 amide bonds. The van der Waals surface area contributed by atoms with Crippen molar-refractivity contribution in [2.75, 3.05) is 0 Å². The lowest BCUT2D eigenvalue weighted by Gasteiger charge is -2.14. The highest BCUT2D eigenvalue weighted by Crippen LogP contribution is 2.20. The second-order valence-corrected chi connectivity index (χ2v) is 6.70. The van der Waals surface area contributed by atoms with Crippen molar-refractivity contribution in [2.45, 2.75) is 45.1 Å². The number of hydrogen-bond acceptors (Lipinski definition) is 2. The first-order valence-corrected chi connectivity index (χ1v) is 8.52. The summed E-state index contributed by atoms with van der Waals surface area (Å²) < 4.78 is 1.52. The molecule has 1 aromatic carbocycles. The number of unbranched alkanes of at least 4 members (excludes halogenated alkanes) is 3. The van der Waals surface area contributed by atoms with Crippen molar-refractivity contribution in [3.8, 4) is 0 Å². The quantitative estimate of drug-likeness (QED) is 0.613. The van der Waals surface area contributed by atoms with E-state index in [1.54, 1.807) is 12.1 Å². The SMILES string of the molecule is CCCCCC[C@@H](NC(=O)c1cc(Br)cc(Br)c1)C(=O)O. The number of benzene rings is 1. The van der Waals surface area contributed by atoms with Crippen LogP contribution in [0.25, 0.3) is 0 Å². The van der Waals surface area contributed by atoms with Gasteiger partial charge in [-0.2, -0.15) is 0 Å². The Morgan fingerprint density at radius 2 is 1.76 bits per heavy atom. The van der Waals surface area contributed by atoms with E-state index in [4.69, 9.17) is 0 Å². The molecule has 0 radical (unpaired) electrons. The lowest BCUT2D eigenvalue weighted by Crippen LogP contribution is -2.40. The third-order valence-corrected chi connectivity index (χ3v) is 3.99. The molecular formula is C15H19Br2NO3. The maximum atomic E-state index is 12.1. The molecule has 6 heteroatoms. The zero-order valence-electron chi connectivity index (χ0n) is 11.9. The molecule has 0 saturated carbocycles. The number of nitrogens with one attached hydrogen (secondary N) is 1. The molecule has 0 aromatic heterocycles. The number of carbonyl (C=O) groups is 2. The van der Waals surface area contributed by atoms with Crippen LogP contribution in [0.1, 0.15) is 49.4 Å². The fourth-order valence-corrected chi connectivity index (χ4v) is 3.25. The lowest BCUT2D eigenvalue weighted by atomic mass is 10.1. The van der Waals surface area contributed by atoms with Crippen LogP contribution < -0.4 is 5.32 Å². The van der Waals surface area contributed by atoms with Crippen LogP contribution in [0.5, 0.6) is 0 Å². The van der Waals surface area contributed by atoms with Crippen LogP contribution in [0.15, 0.2) is 27.1 Å². The van der Waals surface area contributed by atoms with Crippen LogP contribution in [0.2, 0.25) is 0 Å². The molecular weight excluding hydrogens is 402 g/mol. The fourth-order valence-electron chi connectivity index (χ4n) is 1.96. The van der Waals surface area contributed by atoms with Gasteiger partial charge in [0.1, 0.15) is 6.04 Å². The van der Waals surface area contributed by atoms with Crippen molar-refractivity contribution in [2.24, 2.45) is 0 Å². The Balaban J connectivity index is 2.65. The zero-order valence-corrected chi connectivity index (χ0v) is 15.0. The molecule has 0 saturated heterocycles. The van der Waals surface area contributed by atoms with E-state index in [0.29, 0.717) is 12.0 Å². The summed E-state index contributed by atoms with van der Waals surface area (Å²) in [7, 11) is 0. The first-order chi connectivity index (χ1) is 9.93. The van der Waals surface area contributed by atoms with Gasteiger partial charge >= 0.3 is 5.97 Å². The molecule has 0 aliphatic heterocycles. The molecule has 2 N–H and O–H groups in total. The molecule has 0 heterocycles. The van der Waals surface area contributed by atoms with Gasteiger partial charge in [0.15, 0.2) is 0 Å². The predicted octanol–water partition coefficient (Wildman–Crippen LogP) is 4.37. The van der Waals surface area contributed by atoms with E-state index in [1.165, 1.54) is 0 Å². The van der Waals surface area contributed by atoms with Crippen LogP contribution in [0.3, 0.4) is 0 Å². The third kappa shape index (κ3) is 6.61. The molecule has 116 valence electrons. The van der Waals surface area contributed by atoms with Gasteiger partial charge in [-0.3, -0.25) is 4.79 Å². The van der Waals surface area contributed by atoms with E-state index in [2.05, 4.69) is 44.1 Å². The maximum Gasteiger partial charge on any atom is 0.326 e. The minimum atomic E-state index is -0.992. The van der Waals surface area contributed by atoms with E-state index in [9.17, 15) is 14.7 Å². The monoisotopic (exact) mass is 419 g/mol. The molecule has 21 heavy (non-hydrogen) atoms. The summed E-state index contributed by atoms with van der Waals surface area (Å²) in [6, 6.07) is 4.30. The standard InChI is InChI=1S/C15H19Br2NO3/c1-2-3-4-5-6-13(15(20)21)18-14(19)10-7-11(16)9-12(17)8-10/h7-9,13H,2-6H2,1H3,(H,18,19)(H,20,21)/t13-/m1/s1. The topological polar surface area (TPSA) is 66.4 Å². The highest BCUT2D eigenvalue weighted by Gasteiger charge is 2.20. The van der Waals surface area contributed by atoms with Crippen LogP contribution in [0.4, 0.5) is 0 Å². The first-order valence-electron chi connectivity index (χ1n) is 6.93. The van der Waals surface area contributed by atoms with Crippen molar-refractivity contribution in [3.63, 3.8) is 0 Å². The molecule has 0 aliphatic rings. The predicted molar refractivity (Wildman–Crippen MR) is 89.5 cm³/mol. The van der Waals surface area contributed by atoms with Gasteiger partial charge < -0.3 is 10.4 Å². The highest BCUT2D eigenvalue weighted by molar-refractivity contribution is 9.11. The summed E-state index contributed by atoms with van der Waals surface area (Å²) in [5.41, 5.74) is 0.427. The molecule has 1 aromatic rings. The molecule has 0 unspecified atom stereocenters. The molecule has 0 spiro atoms. The van der Waals surface area contributed by atoms with Crippen molar-refractivity contribution < 1.29 is 14.7 Å². The number of aliphatic carboxylic acids is 1. The van der Waals surface area contributed by atoms with Crippen LogP contribution in [-0.2, 0) is 4.79 Å². The largest absolute Gasteiger partial charge is 0.480 e. The second-order valence-electron chi connectivity index (χ2n) is 4.87. The summed E-state index contributed by atoms with van der Waals surface area (Å²) in [5.74, 6) is -1.37. The number of carbonyl (C=O) groups excluding carboxylic acids is 1. The Morgan fingerprint density at radius 3 is 2.29 bits per heavy atom. The minimum Gasteiger partial charge on any atom is -0.480 e. The third-order valence-electron chi connectivity index (χ3n) is 3.07.